The van der Waals surface area contributed by atoms with Crippen LogP contribution in [-0.4, -0.2) is 24.5 Å². The zero-order valence-corrected chi connectivity index (χ0v) is 11.4. The number of aromatic nitrogens is 1. The van der Waals surface area contributed by atoms with Crippen LogP contribution in [0.5, 0.6) is 5.75 Å². The van der Waals surface area contributed by atoms with Gasteiger partial charge in [-0.3, -0.25) is 9.78 Å². The van der Waals surface area contributed by atoms with E-state index >= 15 is 0 Å². The molecule has 2 rings (SSSR count). The first kappa shape index (κ1) is 13.3. The van der Waals surface area contributed by atoms with Crippen molar-refractivity contribution in [3.63, 3.8) is 0 Å². The fourth-order valence-corrected chi connectivity index (χ4v) is 1.84. The fraction of sp³-hybridized carbons (Fsp3) is 0.333. The second-order valence-electron chi connectivity index (χ2n) is 4.71. The van der Waals surface area contributed by atoms with Gasteiger partial charge in [0.1, 0.15) is 11.3 Å². The van der Waals surface area contributed by atoms with Crippen LogP contribution < -0.4 is 10.1 Å². The van der Waals surface area contributed by atoms with Crippen LogP contribution in [0, 0.1) is 0 Å². The van der Waals surface area contributed by atoms with Crippen LogP contribution in [0.1, 0.15) is 25.3 Å². The summed E-state index contributed by atoms with van der Waals surface area (Å²) >= 11 is 0. The number of carbonyl (C=O) groups is 1. The molecule has 0 atom stereocenters. The Bertz CT molecular complexity index is 594. The van der Waals surface area contributed by atoms with E-state index < -0.39 is 0 Å². The molecule has 4 nitrogen and oxygen atoms in total. The van der Waals surface area contributed by atoms with Crippen LogP contribution in [0.4, 0.5) is 0 Å². The smallest absolute Gasteiger partial charge is 0.257 e. The molecule has 4 heteroatoms. The minimum atomic E-state index is -0.154. The number of nitrogens with zero attached hydrogens (tertiary/aromatic N) is 1. The van der Waals surface area contributed by atoms with Gasteiger partial charge in [-0.25, -0.2) is 0 Å². The highest BCUT2D eigenvalue weighted by molar-refractivity contribution is 5.86. The molecule has 0 saturated carbocycles. The van der Waals surface area contributed by atoms with Gasteiger partial charge in [-0.2, -0.15) is 0 Å². The van der Waals surface area contributed by atoms with Crippen molar-refractivity contribution in [2.45, 2.75) is 19.8 Å². The zero-order chi connectivity index (χ0) is 13.8. The molecular weight excluding hydrogens is 240 g/mol. The average molecular weight is 258 g/mol. The van der Waals surface area contributed by atoms with Crippen molar-refractivity contribution in [2.75, 3.05) is 13.7 Å². The van der Waals surface area contributed by atoms with Gasteiger partial charge < -0.3 is 10.1 Å². The molecule has 0 radical (unpaired) electrons. The van der Waals surface area contributed by atoms with Gasteiger partial charge in [-0.1, -0.05) is 19.9 Å². The number of nitrogens with one attached hydrogen (secondary N) is 1. The summed E-state index contributed by atoms with van der Waals surface area (Å²) in [6.07, 6.45) is 1.73. The van der Waals surface area contributed by atoms with Crippen molar-refractivity contribution in [3.05, 3.63) is 36.0 Å². The molecule has 1 N–H and O–H groups in total. The van der Waals surface area contributed by atoms with E-state index in [9.17, 15) is 4.79 Å². The summed E-state index contributed by atoms with van der Waals surface area (Å²) in [7, 11) is 1.59. The van der Waals surface area contributed by atoms with Crippen molar-refractivity contribution in [1.29, 1.82) is 0 Å². The Hall–Kier alpha value is -2.10. The maximum absolute atomic E-state index is 11.3. The van der Waals surface area contributed by atoms with Crippen molar-refractivity contribution in [3.8, 4) is 5.75 Å². The average Bonchev–Trinajstić information content (AvgIpc) is 2.43. The maximum Gasteiger partial charge on any atom is 0.257 e. The number of carbonyl (C=O) groups excluding carboxylic acids is 1. The lowest BCUT2D eigenvalue weighted by atomic mass is 10.0. The van der Waals surface area contributed by atoms with Crippen LogP contribution in [0.3, 0.4) is 0 Å². The third-order valence-corrected chi connectivity index (χ3v) is 3.00. The number of likely N-dealkylation sites (N-methyl/N-ethyl adjacent to an activating group) is 1. The summed E-state index contributed by atoms with van der Waals surface area (Å²) in [5, 5.41) is 3.56. The number of pyridine rings is 1. The van der Waals surface area contributed by atoms with Gasteiger partial charge in [0.2, 0.25) is 0 Å². The van der Waals surface area contributed by atoms with Crippen molar-refractivity contribution < 1.29 is 9.53 Å². The molecule has 0 unspecified atom stereocenters. The topological polar surface area (TPSA) is 51.2 Å². The highest BCUT2D eigenvalue weighted by Gasteiger charge is 2.10. The molecule has 1 heterocycles. The molecule has 0 fully saturated rings. The maximum atomic E-state index is 11.3. The lowest BCUT2D eigenvalue weighted by molar-refractivity contribution is -0.122. The van der Waals surface area contributed by atoms with E-state index in [1.807, 2.05) is 18.2 Å². The molecule has 1 aromatic carbocycles. The number of benzene rings is 1. The van der Waals surface area contributed by atoms with Crippen LogP contribution in [0.25, 0.3) is 10.9 Å². The van der Waals surface area contributed by atoms with E-state index in [1.54, 1.807) is 13.2 Å². The Morgan fingerprint density at radius 2 is 2.21 bits per heavy atom. The van der Waals surface area contributed by atoms with Crippen LogP contribution >= 0.6 is 0 Å². The van der Waals surface area contributed by atoms with Gasteiger partial charge in [0.25, 0.3) is 5.91 Å². The summed E-state index contributed by atoms with van der Waals surface area (Å²) in [6, 6.07) is 7.97. The van der Waals surface area contributed by atoms with Gasteiger partial charge >= 0.3 is 0 Å². The first-order chi connectivity index (χ1) is 9.11. The number of fused-ring (bicyclic) bond motifs is 1. The number of amides is 1. The van der Waals surface area contributed by atoms with E-state index in [-0.39, 0.29) is 12.5 Å². The SMILES string of the molecule is CNC(=O)COc1cc(C(C)C)cc2cccnc12. The lowest BCUT2D eigenvalue weighted by Gasteiger charge is -2.12. The Morgan fingerprint density at radius 3 is 2.89 bits per heavy atom. The molecule has 1 aromatic heterocycles. The molecular formula is C15H18N2O2. The summed E-state index contributed by atoms with van der Waals surface area (Å²) < 4.78 is 5.59. The molecule has 0 aliphatic heterocycles. The predicted octanol–water partition coefficient (Wildman–Crippen LogP) is 2.48. The van der Waals surface area contributed by atoms with Gasteiger partial charge in [-0.15, -0.1) is 0 Å². The quantitative estimate of drug-likeness (QED) is 0.916. The van der Waals surface area contributed by atoms with Crippen molar-refractivity contribution in [2.24, 2.45) is 0 Å². The molecule has 0 saturated heterocycles. The molecule has 1 amide bonds. The lowest BCUT2D eigenvalue weighted by Crippen LogP contribution is -2.24. The number of hydrogen-bond acceptors (Lipinski definition) is 3. The Labute approximate surface area is 112 Å². The second kappa shape index (κ2) is 5.69. The highest BCUT2D eigenvalue weighted by Crippen LogP contribution is 2.29. The van der Waals surface area contributed by atoms with Gasteiger partial charge in [0, 0.05) is 18.6 Å². The van der Waals surface area contributed by atoms with Crippen molar-refractivity contribution in [1.82, 2.24) is 10.3 Å². The van der Waals surface area contributed by atoms with E-state index in [2.05, 4.69) is 30.2 Å². The molecule has 0 spiro atoms. The first-order valence-electron chi connectivity index (χ1n) is 6.34. The number of rotatable bonds is 4. The predicted molar refractivity (Wildman–Crippen MR) is 75.4 cm³/mol. The number of hydrogen-bond donors (Lipinski definition) is 1. The fourth-order valence-electron chi connectivity index (χ4n) is 1.84. The third-order valence-electron chi connectivity index (χ3n) is 3.00. The van der Waals surface area contributed by atoms with E-state index in [1.165, 1.54) is 5.56 Å². The first-order valence-corrected chi connectivity index (χ1v) is 6.34. The monoisotopic (exact) mass is 258 g/mol. The minimum absolute atomic E-state index is 0.00369. The molecule has 0 aliphatic carbocycles. The summed E-state index contributed by atoms with van der Waals surface area (Å²) in [5.41, 5.74) is 1.96. The molecule has 19 heavy (non-hydrogen) atoms. The van der Waals surface area contributed by atoms with Gasteiger partial charge in [-0.05, 0) is 29.7 Å². The summed E-state index contributed by atoms with van der Waals surface area (Å²) in [6.45, 7) is 4.25. The highest BCUT2D eigenvalue weighted by atomic mass is 16.5. The minimum Gasteiger partial charge on any atom is -0.481 e. The van der Waals surface area contributed by atoms with Crippen LogP contribution in [-0.2, 0) is 4.79 Å². The van der Waals surface area contributed by atoms with Crippen LogP contribution in [0.2, 0.25) is 0 Å². The molecule has 2 aromatic rings. The van der Waals surface area contributed by atoms with E-state index in [0.717, 1.165) is 10.9 Å². The molecule has 100 valence electrons. The summed E-state index contributed by atoms with van der Waals surface area (Å²) in [5.74, 6) is 0.899. The van der Waals surface area contributed by atoms with Gasteiger partial charge in [0.05, 0.1) is 0 Å². The number of ether oxygens (including phenoxy) is 1. The second-order valence-corrected chi connectivity index (χ2v) is 4.71. The van der Waals surface area contributed by atoms with Gasteiger partial charge in [0.15, 0.2) is 6.61 Å². The Morgan fingerprint density at radius 1 is 1.42 bits per heavy atom. The molecule has 0 aliphatic rings. The van der Waals surface area contributed by atoms with Crippen LogP contribution in [0.15, 0.2) is 30.5 Å². The van der Waals surface area contributed by atoms with E-state index in [0.29, 0.717) is 11.7 Å². The largest absolute Gasteiger partial charge is 0.481 e. The summed E-state index contributed by atoms with van der Waals surface area (Å²) in [4.78, 5) is 15.6. The van der Waals surface area contributed by atoms with Crippen molar-refractivity contribution >= 4 is 16.8 Å². The standard InChI is InChI=1S/C15H18N2O2/c1-10(2)12-7-11-5-4-6-17-15(11)13(8-12)19-9-14(18)16-3/h4-8,10H,9H2,1-3H3,(H,16,18). The van der Waals surface area contributed by atoms with E-state index in [4.69, 9.17) is 4.74 Å². The zero-order valence-electron chi connectivity index (χ0n) is 11.4. The Balaban J connectivity index is 2.41. The normalized spacial score (nSPS) is 10.7. The third kappa shape index (κ3) is 3.02. The molecule has 0 bridgehead atoms. The Kier molecular flexibility index (Phi) is 4.00.